The molecule has 24 heavy (non-hydrogen) atoms. The quantitative estimate of drug-likeness (QED) is 0.833. The van der Waals surface area contributed by atoms with Gasteiger partial charge in [0.05, 0.1) is 0 Å². The van der Waals surface area contributed by atoms with Crippen LogP contribution >= 0.6 is 0 Å². The lowest BCUT2D eigenvalue weighted by atomic mass is 10.2. The van der Waals surface area contributed by atoms with E-state index in [9.17, 15) is 9.59 Å². The Morgan fingerprint density at radius 1 is 1.12 bits per heavy atom. The van der Waals surface area contributed by atoms with E-state index in [0.29, 0.717) is 37.7 Å². The summed E-state index contributed by atoms with van der Waals surface area (Å²) < 4.78 is 0. The largest absolute Gasteiger partial charge is 0.351 e. The fourth-order valence-corrected chi connectivity index (χ4v) is 3.31. The Bertz CT molecular complexity index is 619. The zero-order chi connectivity index (χ0) is 16.9. The second-order valence-electron chi connectivity index (χ2n) is 6.20. The molecule has 7 heteroatoms. The van der Waals surface area contributed by atoms with Crippen LogP contribution in [0, 0.1) is 0 Å². The van der Waals surface area contributed by atoms with Crippen LogP contribution in [-0.4, -0.2) is 58.9 Å². The van der Waals surface area contributed by atoms with Crippen LogP contribution < -0.4 is 10.2 Å². The third-order valence-electron chi connectivity index (χ3n) is 4.65. The Morgan fingerprint density at radius 3 is 2.46 bits per heavy atom. The van der Waals surface area contributed by atoms with Gasteiger partial charge >= 0.3 is 0 Å². The standard InChI is InChI=1S/C17H23N5O2/c1-2-14(23)21-9-11-22(12-10-21)16-15(18-7-8-19-16)17(24)20-13-5-3-4-6-13/h2,7-8,13H,1,3-6,9-12H2,(H,20,24). The van der Waals surface area contributed by atoms with Crippen LogP contribution in [-0.2, 0) is 4.79 Å². The molecule has 2 amide bonds. The van der Waals surface area contributed by atoms with E-state index < -0.39 is 0 Å². The molecule has 2 heterocycles. The molecular formula is C17H23N5O2. The molecular weight excluding hydrogens is 306 g/mol. The summed E-state index contributed by atoms with van der Waals surface area (Å²) in [6.45, 7) is 5.95. The molecule has 1 N–H and O–H groups in total. The predicted octanol–water partition coefficient (Wildman–Crippen LogP) is 0.984. The molecule has 7 nitrogen and oxygen atoms in total. The normalized spacial score (nSPS) is 18.5. The third-order valence-corrected chi connectivity index (χ3v) is 4.65. The number of piperazine rings is 1. The first-order valence-electron chi connectivity index (χ1n) is 8.47. The van der Waals surface area contributed by atoms with Crippen molar-refractivity contribution in [2.24, 2.45) is 0 Å². The van der Waals surface area contributed by atoms with Crippen LogP contribution in [0.15, 0.2) is 25.0 Å². The minimum atomic E-state index is -0.158. The fraction of sp³-hybridized carbons (Fsp3) is 0.529. The number of rotatable bonds is 4. The Hall–Kier alpha value is -2.44. The molecule has 3 rings (SSSR count). The van der Waals surface area contributed by atoms with E-state index in [1.165, 1.54) is 6.08 Å². The minimum Gasteiger partial charge on any atom is -0.351 e. The van der Waals surface area contributed by atoms with Crippen molar-refractivity contribution in [3.63, 3.8) is 0 Å². The van der Waals surface area contributed by atoms with E-state index in [4.69, 9.17) is 0 Å². The van der Waals surface area contributed by atoms with Crippen molar-refractivity contribution in [1.82, 2.24) is 20.2 Å². The Labute approximate surface area is 141 Å². The zero-order valence-corrected chi connectivity index (χ0v) is 13.8. The van der Waals surface area contributed by atoms with E-state index >= 15 is 0 Å². The average molecular weight is 329 g/mol. The zero-order valence-electron chi connectivity index (χ0n) is 13.8. The van der Waals surface area contributed by atoms with Crippen LogP contribution in [0.4, 0.5) is 5.82 Å². The number of anilines is 1. The summed E-state index contributed by atoms with van der Waals surface area (Å²) in [5.74, 6) is 0.376. The maximum atomic E-state index is 12.6. The number of nitrogens with one attached hydrogen (secondary N) is 1. The SMILES string of the molecule is C=CC(=O)N1CCN(c2nccnc2C(=O)NC2CCCC2)CC1. The van der Waals surface area contributed by atoms with Gasteiger partial charge in [0, 0.05) is 44.6 Å². The van der Waals surface area contributed by atoms with Gasteiger partial charge in [-0.15, -0.1) is 0 Å². The van der Waals surface area contributed by atoms with Crippen LogP contribution in [0.3, 0.4) is 0 Å². The molecule has 1 aliphatic heterocycles. The van der Waals surface area contributed by atoms with Gasteiger partial charge in [0.1, 0.15) is 0 Å². The van der Waals surface area contributed by atoms with Crippen molar-refractivity contribution in [3.8, 4) is 0 Å². The van der Waals surface area contributed by atoms with Crippen molar-refractivity contribution in [1.29, 1.82) is 0 Å². The summed E-state index contributed by atoms with van der Waals surface area (Å²) in [5.41, 5.74) is 0.368. The average Bonchev–Trinajstić information content (AvgIpc) is 3.14. The molecule has 2 aliphatic rings. The van der Waals surface area contributed by atoms with Gasteiger partial charge in [0.15, 0.2) is 11.5 Å². The predicted molar refractivity (Wildman–Crippen MR) is 90.7 cm³/mol. The summed E-state index contributed by atoms with van der Waals surface area (Å²) in [7, 11) is 0. The number of amides is 2. The number of nitrogens with zero attached hydrogens (tertiary/aromatic N) is 4. The van der Waals surface area contributed by atoms with Gasteiger partial charge in [0.25, 0.3) is 5.91 Å². The van der Waals surface area contributed by atoms with Gasteiger partial charge in [0.2, 0.25) is 5.91 Å². The molecule has 0 unspecified atom stereocenters. The summed E-state index contributed by atoms with van der Waals surface area (Å²) in [6, 6.07) is 0.245. The fourth-order valence-electron chi connectivity index (χ4n) is 3.31. The molecule has 0 radical (unpaired) electrons. The lowest BCUT2D eigenvalue weighted by molar-refractivity contribution is -0.126. The molecule has 0 atom stereocenters. The molecule has 0 spiro atoms. The number of carbonyl (C=O) groups is 2. The van der Waals surface area contributed by atoms with E-state index in [-0.39, 0.29) is 17.9 Å². The molecule has 1 aliphatic carbocycles. The van der Waals surface area contributed by atoms with Gasteiger partial charge < -0.3 is 15.1 Å². The Morgan fingerprint density at radius 2 is 1.79 bits per heavy atom. The van der Waals surface area contributed by atoms with Crippen LogP contribution in [0.25, 0.3) is 0 Å². The van der Waals surface area contributed by atoms with Crippen molar-refractivity contribution in [2.75, 3.05) is 31.1 Å². The first-order valence-corrected chi connectivity index (χ1v) is 8.47. The number of aromatic nitrogens is 2. The van der Waals surface area contributed by atoms with Crippen LogP contribution in [0.1, 0.15) is 36.2 Å². The second-order valence-corrected chi connectivity index (χ2v) is 6.20. The monoisotopic (exact) mass is 329 g/mol. The lowest BCUT2D eigenvalue weighted by Gasteiger charge is -2.35. The van der Waals surface area contributed by atoms with Crippen molar-refractivity contribution in [2.45, 2.75) is 31.7 Å². The smallest absolute Gasteiger partial charge is 0.273 e. The maximum absolute atomic E-state index is 12.6. The Balaban J connectivity index is 1.69. The molecule has 1 saturated heterocycles. The maximum Gasteiger partial charge on any atom is 0.273 e. The van der Waals surface area contributed by atoms with E-state index in [1.54, 1.807) is 17.3 Å². The molecule has 128 valence electrons. The first kappa shape index (κ1) is 16.4. The van der Waals surface area contributed by atoms with Crippen LogP contribution in [0.2, 0.25) is 0 Å². The Kier molecular flexibility index (Phi) is 5.08. The molecule has 1 aromatic heterocycles. The number of hydrogen-bond acceptors (Lipinski definition) is 5. The highest BCUT2D eigenvalue weighted by Crippen LogP contribution is 2.20. The van der Waals surface area contributed by atoms with Gasteiger partial charge in [-0.05, 0) is 18.9 Å². The molecule has 1 aromatic rings. The van der Waals surface area contributed by atoms with Gasteiger partial charge in [-0.2, -0.15) is 0 Å². The van der Waals surface area contributed by atoms with Crippen molar-refractivity contribution < 1.29 is 9.59 Å². The molecule has 1 saturated carbocycles. The lowest BCUT2D eigenvalue weighted by Crippen LogP contribution is -2.49. The molecule has 0 bridgehead atoms. The second kappa shape index (κ2) is 7.42. The number of hydrogen-bond donors (Lipinski definition) is 1. The number of carbonyl (C=O) groups excluding carboxylic acids is 2. The first-order chi connectivity index (χ1) is 11.7. The molecule has 2 fully saturated rings. The highest BCUT2D eigenvalue weighted by Gasteiger charge is 2.26. The topological polar surface area (TPSA) is 78.4 Å². The molecule has 0 aromatic carbocycles. The highest BCUT2D eigenvalue weighted by molar-refractivity contribution is 5.97. The summed E-state index contributed by atoms with van der Waals surface area (Å²) in [4.78, 5) is 36.6. The third kappa shape index (κ3) is 3.55. The minimum absolute atomic E-state index is 0.0620. The van der Waals surface area contributed by atoms with Crippen LogP contribution in [0.5, 0.6) is 0 Å². The van der Waals surface area contributed by atoms with E-state index in [0.717, 1.165) is 25.7 Å². The van der Waals surface area contributed by atoms with E-state index in [1.807, 2.05) is 4.90 Å². The highest BCUT2D eigenvalue weighted by atomic mass is 16.2. The van der Waals surface area contributed by atoms with Crippen molar-refractivity contribution >= 4 is 17.6 Å². The van der Waals surface area contributed by atoms with Gasteiger partial charge in [-0.3, -0.25) is 9.59 Å². The summed E-state index contributed by atoms with van der Waals surface area (Å²) in [5, 5.41) is 3.06. The summed E-state index contributed by atoms with van der Waals surface area (Å²) >= 11 is 0. The summed E-state index contributed by atoms with van der Waals surface area (Å²) in [6.07, 6.45) is 8.87. The van der Waals surface area contributed by atoms with Gasteiger partial charge in [-0.25, -0.2) is 9.97 Å². The van der Waals surface area contributed by atoms with Crippen molar-refractivity contribution in [3.05, 3.63) is 30.7 Å². The van der Waals surface area contributed by atoms with Gasteiger partial charge in [-0.1, -0.05) is 19.4 Å². The van der Waals surface area contributed by atoms with E-state index in [2.05, 4.69) is 21.9 Å².